The Bertz CT molecular complexity index is 850. The number of benzene rings is 2. The number of ether oxygens (including phenoxy) is 1. The molecule has 2 N–H and O–H groups in total. The molecule has 0 fully saturated rings. The van der Waals surface area contributed by atoms with Crippen molar-refractivity contribution in [2.75, 3.05) is 16.8 Å². The number of nitrogens with zero attached hydrogens (tertiary/aromatic N) is 1. The van der Waals surface area contributed by atoms with Crippen LogP contribution in [0.25, 0.3) is 0 Å². The summed E-state index contributed by atoms with van der Waals surface area (Å²) in [6.45, 7) is 1.63. The molecule has 0 saturated heterocycles. The number of nitrogens with one attached hydrogen (secondary N) is 1. The molecular formula is C19H18N2O5. The standard InChI is InChI=1S/C19H18N2O5/c1-12-7-8-14-15(9-12)26-16(10-18(23)24)19(25)21(14)11-17(22)20-13-5-3-2-4-6-13/h2-9,16H,10-11H2,1H3,(H,20,22)(H,23,24). The van der Waals surface area contributed by atoms with E-state index in [9.17, 15) is 14.4 Å². The van der Waals surface area contributed by atoms with Crippen molar-refractivity contribution in [1.29, 1.82) is 0 Å². The van der Waals surface area contributed by atoms with Crippen molar-refractivity contribution in [3.8, 4) is 5.75 Å². The summed E-state index contributed by atoms with van der Waals surface area (Å²) in [6, 6.07) is 14.1. The fourth-order valence-electron chi connectivity index (χ4n) is 2.75. The van der Waals surface area contributed by atoms with Gasteiger partial charge in [-0.25, -0.2) is 0 Å². The molecule has 2 amide bonds. The summed E-state index contributed by atoms with van der Waals surface area (Å²) >= 11 is 0. The number of para-hydroxylation sites is 1. The predicted octanol–water partition coefficient (Wildman–Crippen LogP) is 2.20. The van der Waals surface area contributed by atoms with E-state index in [0.717, 1.165) is 5.56 Å². The van der Waals surface area contributed by atoms with Gasteiger partial charge in [-0.15, -0.1) is 0 Å². The Labute approximate surface area is 150 Å². The second kappa shape index (κ2) is 7.26. The van der Waals surface area contributed by atoms with E-state index >= 15 is 0 Å². The van der Waals surface area contributed by atoms with Crippen molar-refractivity contribution in [2.24, 2.45) is 0 Å². The summed E-state index contributed by atoms with van der Waals surface area (Å²) in [7, 11) is 0. The first-order valence-corrected chi connectivity index (χ1v) is 8.09. The first-order chi connectivity index (χ1) is 12.4. The molecular weight excluding hydrogens is 336 g/mol. The van der Waals surface area contributed by atoms with Crippen LogP contribution in [0, 0.1) is 6.92 Å². The molecule has 134 valence electrons. The highest BCUT2D eigenvalue weighted by Crippen LogP contribution is 2.35. The molecule has 26 heavy (non-hydrogen) atoms. The van der Waals surface area contributed by atoms with E-state index < -0.39 is 24.4 Å². The average Bonchev–Trinajstić information content (AvgIpc) is 2.59. The first-order valence-electron chi connectivity index (χ1n) is 8.09. The number of fused-ring (bicyclic) bond motifs is 1. The highest BCUT2D eigenvalue weighted by Gasteiger charge is 2.36. The van der Waals surface area contributed by atoms with Crippen LogP contribution < -0.4 is 15.0 Å². The van der Waals surface area contributed by atoms with Gasteiger partial charge in [0.25, 0.3) is 5.91 Å². The van der Waals surface area contributed by atoms with Gasteiger partial charge in [-0.05, 0) is 36.8 Å². The van der Waals surface area contributed by atoms with Crippen LogP contribution in [0.4, 0.5) is 11.4 Å². The van der Waals surface area contributed by atoms with Crippen molar-refractivity contribution < 1.29 is 24.2 Å². The monoisotopic (exact) mass is 354 g/mol. The van der Waals surface area contributed by atoms with Crippen LogP contribution in [-0.4, -0.2) is 35.5 Å². The van der Waals surface area contributed by atoms with Crippen molar-refractivity contribution >= 4 is 29.2 Å². The Kier molecular flexibility index (Phi) is 4.88. The molecule has 7 heteroatoms. The van der Waals surface area contributed by atoms with E-state index in [1.165, 1.54) is 4.90 Å². The molecule has 0 spiro atoms. The van der Waals surface area contributed by atoms with E-state index in [4.69, 9.17) is 9.84 Å². The normalized spacial score (nSPS) is 15.8. The fourth-order valence-corrected chi connectivity index (χ4v) is 2.75. The molecule has 0 aromatic heterocycles. The molecule has 2 aromatic rings. The quantitative estimate of drug-likeness (QED) is 0.858. The van der Waals surface area contributed by atoms with Gasteiger partial charge >= 0.3 is 5.97 Å². The highest BCUT2D eigenvalue weighted by molar-refractivity contribution is 6.07. The van der Waals surface area contributed by atoms with Crippen LogP contribution in [0.1, 0.15) is 12.0 Å². The van der Waals surface area contributed by atoms with Crippen LogP contribution >= 0.6 is 0 Å². The molecule has 0 bridgehead atoms. The Morgan fingerprint density at radius 2 is 1.92 bits per heavy atom. The number of carboxylic acids is 1. The zero-order valence-electron chi connectivity index (χ0n) is 14.1. The Morgan fingerprint density at radius 1 is 1.19 bits per heavy atom. The Morgan fingerprint density at radius 3 is 2.62 bits per heavy atom. The van der Waals surface area contributed by atoms with Gasteiger partial charge in [0, 0.05) is 5.69 Å². The van der Waals surface area contributed by atoms with Gasteiger partial charge in [0.05, 0.1) is 12.1 Å². The molecule has 0 radical (unpaired) electrons. The summed E-state index contributed by atoms with van der Waals surface area (Å²) in [5.74, 6) is -1.68. The number of hydrogen-bond donors (Lipinski definition) is 2. The van der Waals surface area contributed by atoms with Gasteiger partial charge in [-0.2, -0.15) is 0 Å². The summed E-state index contributed by atoms with van der Waals surface area (Å²) < 4.78 is 5.56. The SMILES string of the molecule is Cc1ccc2c(c1)OC(CC(=O)O)C(=O)N2CC(=O)Nc1ccccc1. The van der Waals surface area contributed by atoms with Gasteiger partial charge in [0.15, 0.2) is 6.10 Å². The molecule has 3 rings (SSSR count). The lowest BCUT2D eigenvalue weighted by molar-refractivity contribution is -0.142. The second-order valence-electron chi connectivity index (χ2n) is 6.01. The molecule has 1 heterocycles. The number of anilines is 2. The van der Waals surface area contributed by atoms with E-state index in [2.05, 4.69) is 5.32 Å². The van der Waals surface area contributed by atoms with E-state index in [-0.39, 0.29) is 12.5 Å². The maximum absolute atomic E-state index is 12.7. The summed E-state index contributed by atoms with van der Waals surface area (Å²) in [4.78, 5) is 37.3. The fraction of sp³-hybridized carbons (Fsp3) is 0.211. The van der Waals surface area contributed by atoms with Crippen LogP contribution in [0.15, 0.2) is 48.5 Å². The third-order valence-corrected chi connectivity index (χ3v) is 3.94. The minimum Gasteiger partial charge on any atom is -0.481 e. The molecule has 0 aliphatic carbocycles. The second-order valence-corrected chi connectivity index (χ2v) is 6.01. The molecule has 1 atom stereocenters. The number of amides is 2. The molecule has 1 aliphatic heterocycles. The summed E-state index contributed by atoms with van der Waals surface area (Å²) in [5.41, 5.74) is 1.97. The third-order valence-electron chi connectivity index (χ3n) is 3.94. The van der Waals surface area contributed by atoms with E-state index in [1.807, 2.05) is 13.0 Å². The zero-order chi connectivity index (χ0) is 18.7. The van der Waals surface area contributed by atoms with Crippen molar-refractivity contribution in [2.45, 2.75) is 19.4 Å². The Hall–Kier alpha value is -3.35. The third kappa shape index (κ3) is 3.83. The topological polar surface area (TPSA) is 95.9 Å². The lowest BCUT2D eigenvalue weighted by Crippen LogP contribution is -2.49. The minimum atomic E-state index is -1.16. The van der Waals surface area contributed by atoms with Crippen LogP contribution in [0.3, 0.4) is 0 Å². The maximum Gasteiger partial charge on any atom is 0.307 e. The number of carbonyl (C=O) groups excluding carboxylic acids is 2. The van der Waals surface area contributed by atoms with Crippen molar-refractivity contribution in [3.05, 3.63) is 54.1 Å². The predicted molar refractivity (Wildman–Crippen MR) is 95.3 cm³/mol. The van der Waals surface area contributed by atoms with E-state index in [1.54, 1.807) is 42.5 Å². The van der Waals surface area contributed by atoms with Crippen LogP contribution in [-0.2, 0) is 14.4 Å². The van der Waals surface area contributed by atoms with Crippen molar-refractivity contribution in [1.82, 2.24) is 0 Å². The number of aryl methyl sites for hydroxylation is 1. The number of hydrogen-bond acceptors (Lipinski definition) is 4. The van der Waals surface area contributed by atoms with Crippen LogP contribution in [0.5, 0.6) is 5.75 Å². The lowest BCUT2D eigenvalue weighted by atomic mass is 10.1. The van der Waals surface area contributed by atoms with Gasteiger partial charge < -0.3 is 15.2 Å². The van der Waals surface area contributed by atoms with Gasteiger partial charge in [-0.1, -0.05) is 24.3 Å². The first kappa shape index (κ1) is 17.5. The summed E-state index contributed by atoms with van der Waals surface area (Å²) in [6.07, 6.45) is -1.63. The van der Waals surface area contributed by atoms with Gasteiger partial charge in [0.2, 0.25) is 5.91 Å². The number of rotatable bonds is 5. The Balaban J connectivity index is 1.84. The molecule has 0 saturated carbocycles. The summed E-state index contributed by atoms with van der Waals surface area (Å²) in [5, 5.41) is 11.7. The molecule has 1 aliphatic rings. The molecule has 2 aromatic carbocycles. The van der Waals surface area contributed by atoms with Crippen molar-refractivity contribution in [3.63, 3.8) is 0 Å². The lowest BCUT2D eigenvalue weighted by Gasteiger charge is -2.33. The highest BCUT2D eigenvalue weighted by atomic mass is 16.5. The van der Waals surface area contributed by atoms with Crippen LogP contribution in [0.2, 0.25) is 0 Å². The van der Waals surface area contributed by atoms with Gasteiger partial charge in [-0.3, -0.25) is 19.3 Å². The van der Waals surface area contributed by atoms with E-state index in [0.29, 0.717) is 17.1 Å². The number of carbonyl (C=O) groups is 3. The number of aliphatic carboxylic acids is 1. The average molecular weight is 354 g/mol. The zero-order valence-corrected chi connectivity index (χ0v) is 14.1. The number of carboxylic acid groups (broad SMARTS) is 1. The molecule has 1 unspecified atom stereocenters. The largest absolute Gasteiger partial charge is 0.481 e. The maximum atomic E-state index is 12.7. The molecule has 7 nitrogen and oxygen atoms in total. The van der Waals surface area contributed by atoms with Gasteiger partial charge in [0.1, 0.15) is 12.3 Å². The smallest absolute Gasteiger partial charge is 0.307 e. The minimum absolute atomic E-state index is 0.233.